The van der Waals surface area contributed by atoms with Gasteiger partial charge in [-0.25, -0.2) is 35.9 Å². The first-order valence-corrected chi connectivity index (χ1v) is 37.9. The predicted octanol–water partition coefficient (Wildman–Crippen LogP) is 21.2. The molecule has 0 aliphatic heterocycles. The van der Waals surface area contributed by atoms with Crippen LogP contribution < -0.4 is 22.9 Å². The van der Waals surface area contributed by atoms with E-state index in [-0.39, 0.29) is 102 Å². The van der Waals surface area contributed by atoms with Gasteiger partial charge >= 0.3 is 22.8 Å². The van der Waals surface area contributed by atoms with Gasteiger partial charge in [0.1, 0.15) is 48.6 Å². The van der Waals surface area contributed by atoms with Gasteiger partial charge in [-0.1, -0.05) is 257 Å². The molecule has 0 bridgehead atoms. The fraction of sp³-hybridized carbons (Fsp3) is 0.356. The van der Waals surface area contributed by atoms with Gasteiger partial charge in [0.25, 0.3) is 0 Å². The highest BCUT2D eigenvalue weighted by Crippen LogP contribution is 2.30. The highest BCUT2D eigenvalue weighted by molar-refractivity contribution is 6.61. The van der Waals surface area contributed by atoms with Crippen molar-refractivity contribution in [2.75, 3.05) is 33.1 Å². The van der Waals surface area contributed by atoms with Crippen molar-refractivity contribution in [1.82, 2.24) is 0 Å². The molecule has 0 saturated carbocycles. The maximum atomic E-state index is 12.8. The molecular weight excluding hydrogens is 1660 g/mol. The smallest absolute Gasteiger partial charge is 0.404 e. The topological polar surface area (TPSA) is 329 Å². The summed E-state index contributed by atoms with van der Waals surface area (Å²) in [6, 6.07) is 82.6. The summed E-state index contributed by atoms with van der Waals surface area (Å²) in [5.41, 5.74) is 21.9. The summed E-state index contributed by atoms with van der Waals surface area (Å²) in [4.78, 5) is 52.6. The van der Waals surface area contributed by atoms with E-state index >= 15 is 0 Å². The fourth-order valence-electron chi connectivity index (χ4n) is 9.62. The Labute approximate surface area is 725 Å². The average Bonchev–Trinajstić information content (AvgIpc) is 0.827. The van der Waals surface area contributed by atoms with Gasteiger partial charge in [-0.05, 0) is 80.3 Å². The molecule has 0 saturated heterocycles. The molecule has 0 aliphatic carbocycles. The van der Waals surface area contributed by atoms with Crippen LogP contribution >= 0.6 is 48.0 Å². The normalized spacial score (nSPS) is 13.0. The van der Waals surface area contributed by atoms with Crippen LogP contribution in [-0.2, 0) is 55.0 Å². The Kier molecular flexibility index (Phi) is 58.0. The number of rotatable bonds is 32. The lowest BCUT2D eigenvalue weighted by Gasteiger charge is -2.26. The summed E-state index contributed by atoms with van der Waals surface area (Å²) < 4.78 is 129. The molecule has 0 spiro atoms. The third-order valence-electron chi connectivity index (χ3n) is 16.6. The SMILES string of the molecule is CC(C#N)(CC(F)F)N=C(c1ccccc1)c1ccccc1.CC(C#N)(CCF)N=C(c1ccccc1)c1ccccc1.CC(CN)(CC(=O)OCc1ccccc1)CC(F)F.CC(CN)(CCF)CC(=O)OCc1ccccc1.CC(N)(C#N)CC(F)F.CC(N)(C#N)CCF.Cl.Cl.O=C(Cl)OCc1ccccc1.O=C(Cl)OCc1ccccc1. The minimum absolute atomic E-state index is 0. The third kappa shape index (κ3) is 52.9. The van der Waals surface area contributed by atoms with Crippen LogP contribution in [0.25, 0.3) is 0 Å². The molecule has 6 unspecified atom stereocenters. The van der Waals surface area contributed by atoms with E-state index < -0.39 is 108 Å². The molecule has 31 heteroatoms. The van der Waals surface area contributed by atoms with Crippen molar-refractivity contribution in [2.45, 2.75) is 161 Å². The lowest BCUT2D eigenvalue weighted by Crippen LogP contribution is -2.36. The number of halogens is 13. The maximum absolute atomic E-state index is 12.8. The molecule has 0 aromatic heterocycles. The largest absolute Gasteiger partial charge is 0.461 e. The zero-order valence-electron chi connectivity index (χ0n) is 68.1. The third-order valence-corrected chi connectivity index (χ3v) is 16.8. The van der Waals surface area contributed by atoms with Crippen LogP contribution in [0.5, 0.6) is 0 Å². The van der Waals surface area contributed by atoms with Gasteiger partial charge in [0.15, 0.2) is 0 Å². The maximum Gasteiger partial charge on any atom is 0.404 e. The van der Waals surface area contributed by atoms with Crippen LogP contribution in [0.1, 0.15) is 137 Å². The lowest BCUT2D eigenvalue weighted by molar-refractivity contribution is -0.148. The Morgan fingerprint density at radius 2 is 0.620 bits per heavy atom. The number of hydrogen-bond acceptors (Lipinski definition) is 18. The van der Waals surface area contributed by atoms with Crippen LogP contribution in [0.4, 0.5) is 49.1 Å². The lowest BCUT2D eigenvalue weighted by atomic mass is 9.83. The summed E-state index contributed by atoms with van der Waals surface area (Å²) >= 11 is 9.93. The first kappa shape index (κ1) is 112. The van der Waals surface area contributed by atoms with Crippen LogP contribution in [0.15, 0.2) is 253 Å². The van der Waals surface area contributed by atoms with E-state index in [1.165, 1.54) is 20.8 Å². The monoisotopic (exact) mass is 1760 g/mol. The predicted molar refractivity (Wildman–Crippen MR) is 461 cm³/mol. The van der Waals surface area contributed by atoms with E-state index in [2.05, 4.69) is 25.5 Å². The number of benzene rings is 8. The van der Waals surface area contributed by atoms with E-state index in [4.69, 9.17) is 66.1 Å². The van der Waals surface area contributed by atoms with Crippen molar-refractivity contribution in [2.24, 2.45) is 43.7 Å². The number of alkyl halides is 9. The summed E-state index contributed by atoms with van der Waals surface area (Å²) in [5.74, 6) is -0.835. The molecule has 0 heterocycles. The molecule has 0 fully saturated rings. The molecule has 18 nitrogen and oxygen atoms in total. The van der Waals surface area contributed by atoms with Gasteiger partial charge < -0.3 is 41.9 Å². The zero-order chi connectivity index (χ0) is 89.2. The van der Waals surface area contributed by atoms with Crippen molar-refractivity contribution in [3.8, 4) is 24.3 Å². The number of carbonyl (C=O) groups excluding carboxylic acids is 4. The molecule has 654 valence electrons. The molecule has 8 N–H and O–H groups in total. The van der Waals surface area contributed by atoms with Gasteiger partial charge in [0.05, 0.1) is 68.6 Å². The van der Waals surface area contributed by atoms with Crippen molar-refractivity contribution < 1.29 is 77.6 Å². The second-order valence-electron chi connectivity index (χ2n) is 28.0. The Bertz CT molecular complexity index is 4270. The van der Waals surface area contributed by atoms with Crippen molar-refractivity contribution >= 4 is 82.2 Å². The Morgan fingerprint density at radius 1 is 0.364 bits per heavy atom. The molecule has 0 amide bonds. The highest BCUT2D eigenvalue weighted by atomic mass is 35.5. The molecule has 8 aromatic carbocycles. The van der Waals surface area contributed by atoms with Crippen LogP contribution in [0, 0.1) is 56.2 Å². The van der Waals surface area contributed by atoms with Crippen molar-refractivity contribution in [3.05, 3.63) is 287 Å². The van der Waals surface area contributed by atoms with E-state index in [1.54, 1.807) is 32.9 Å². The van der Waals surface area contributed by atoms with Gasteiger partial charge in [0.2, 0.25) is 19.3 Å². The number of nitrogens with zero attached hydrogens (tertiary/aromatic N) is 6. The van der Waals surface area contributed by atoms with Crippen LogP contribution in [-0.4, -0.2) is 109 Å². The number of nitriles is 4. The van der Waals surface area contributed by atoms with Gasteiger partial charge in [-0.3, -0.25) is 32.7 Å². The second-order valence-corrected chi connectivity index (χ2v) is 28.6. The Hall–Kier alpha value is -10.7. The number of aliphatic imine (C=N–C) groups is 2. The van der Waals surface area contributed by atoms with Crippen molar-refractivity contribution in [3.63, 3.8) is 0 Å². The molecule has 0 aliphatic rings. The molecule has 8 rings (SSSR count). The minimum Gasteiger partial charge on any atom is -0.461 e. The summed E-state index contributed by atoms with van der Waals surface area (Å²) in [6.07, 6.45) is -8.57. The average molecular weight is 1770 g/mol. The van der Waals surface area contributed by atoms with Gasteiger partial charge in [0, 0.05) is 77.6 Å². The fourth-order valence-corrected chi connectivity index (χ4v) is 9.73. The second kappa shape index (κ2) is 62.4. The number of ether oxygens (including phenoxy) is 4. The summed E-state index contributed by atoms with van der Waals surface area (Å²) in [7, 11) is 0. The van der Waals surface area contributed by atoms with Gasteiger partial charge in [-0.2, -0.15) is 21.0 Å². The standard InChI is InChI=1S/C18H16F2N2.C18H17FN2.C14H19F2NO2.C14H20FNO2.2C8H7ClO2.C5H8F2N2.C5H9FN2.2ClH/c1-18(13-21,12-16(19)20)22-17(14-8-4-2-5-9-14)15-10-6-3-7-11-15;1-18(14-20,12-13-19)21-17(15-8-4-2-5-9-15)16-10-6-3-7-11-16;1-14(10-17,7-12(15)16)8-13(18)19-9-11-5-3-2-4-6-11;1-14(11-16,7-8-15)9-13(17)18-10-12-5-3-2-4-6-12;2*9-8(10)11-6-7-4-2-1-3-5-7;1-5(9,3-8)2-4(6)7;1-5(8,4-7)2-3-6;;/h2-11,16H,12H2,1H3;2-11H,12-13H2,1H3;2-6,12H,7-10,17H2,1H3;2-6H,7-11,16H2,1H3;2*1-5H,6H2;4H,2,9H2,1H3;2-3,8H2,1H3;2*1H. The van der Waals surface area contributed by atoms with Crippen molar-refractivity contribution in [1.29, 1.82) is 21.0 Å². The molecular formula is C90H105Cl4F9N10O8. The molecule has 8 aromatic rings. The minimum atomic E-state index is -2.58. The molecule has 6 atom stereocenters. The Balaban J connectivity index is 0. The van der Waals surface area contributed by atoms with E-state index in [0.29, 0.717) is 11.4 Å². The van der Waals surface area contributed by atoms with E-state index in [1.807, 2.05) is 249 Å². The molecule has 121 heavy (non-hydrogen) atoms. The first-order valence-electron chi connectivity index (χ1n) is 37.1. The number of esters is 2. The van der Waals surface area contributed by atoms with Crippen LogP contribution in [0.2, 0.25) is 0 Å². The van der Waals surface area contributed by atoms with E-state index in [9.17, 15) is 69.2 Å². The summed E-state index contributed by atoms with van der Waals surface area (Å²) in [5, 5.41) is 34.9. The number of nitrogens with two attached hydrogens (primary N) is 4. The summed E-state index contributed by atoms with van der Waals surface area (Å²) in [6.45, 7) is 8.87. The highest BCUT2D eigenvalue weighted by Gasteiger charge is 2.32. The number of carbonyl (C=O) groups is 4. The van der Waals surface area contributed by atoms with Gasteiger partial charge in [-0.15, -0.1) is 24.8 Å². The first-order chi connectivity index (χ1) is 56.4. The zero-order valence-corrected chi connectivity index (χ0v) is 71.2. The van der Waals surface area contributed by atoms with E-state index in [0.717, 1.165) is 44.5 Å². The molecule has 0 radical (unpaired) electrons. The number of hydrogen-bond donors (Lipinski definition) is 4. The van der Waals surface area contributed by atoms with Crippen LogP contribution in [0.3, 0.4) is 0 Å². The Morgan fingerprint density at radius 3 is 0.843 bits per heavy atom. The quantitative estimate of drug-likeness (QED) is 0.0100.